The van der Waals surface area contributed by atoms with E-state index in [-0.39, 0.29) is 0 Å². The zero-order valence-electron chi connectivity index (χ0n) is 14.9. The number of benzene rings is 1. The Bertz CT molecular complexity index is 796. The first-order chi connectivity index (χ1) is 12.1. The third-order valence-corrected chi connectivity index (χ3v) is 3.95. The van der Waals surface area contributed by atoms with Crippen LogP contribution in [0, 0.1) is 5.92 Å². The molecule has 0 fully saturated rings. The first-order valence-electron chi connectivity index (χ1n) is 8.53. The monoisotopic (exact) mass is 336 g/mol. The maximum atomic E-state index is 4.50. The predicted molar refractivity (Wildman–Crippen MR) is 102 cm³/mol. The molecule has 2 aromatic heterocycles. The summed E-state index contributed by atoms with van der Waals surface area (Å²) in [6.45, 7) is 5.44. The molecule has 0 atom stereocenters. The van der Waals surface area contributed by atoms with E-state index in [0.29, 0.717) is 11.9 Å². The topological polar surface area (TPSA) is 58.9 Å². The van der Waals surface area contributed by atoms with Crippen molar-refractivity contribution in [2.24, 2.45) is 5.92 Å². The van der Waals surface area contributed by atoms with Gasteiger partial charge in [-0.15, -0.1) is 5.10 Å². The number of rotatable bonds is 7. The molecule has 25 heavy (non-hydrogen) atoms. The van der Waals surface area contributed by atoms with E-state index in [0.717, 1.165) is 30.2 Å². The predicted octanol–water partition coefficient (Wildman–Crippen LogP) is 3.89. The Morgan fingerprint density at radius 2 is 1.92 bits per heavy atom. The van der Waals surface area contributed by atoms with Crippen molar-refractivity contribution in [3.8, 4) is 5.69 Å². The molecule has 0 spiro atoms. The second-order valence-corrected chi connectivity index (χ2v) is 6.48. The second-order valence-electron chi connectivity index (χ2n) is 6.48. The summed E-state index contributed by atoms with van der Waals surface area (Å²) in [5.74, 6) is 2.18. The van der Waals surface area contributed by atoms with Gasteiger partial charge < -0.3 is 10.2 Å². The van der Waals surface area contributed by atoms with E-state index < -0.39 is 0 Å². The van der Waals surface area contributed by atoms with Gasteiger partial charge in [0, 0.05) is 31.5 Å². The highest BCUT2D eigenvalue weighted by Gasteiger charge is 2.08. The smallest absolute Gasteiger partial charge is 0.246 e. The van der Waals surface area contributed by atoms with Gasteiger partial charge in [-0.3, -0.25) is 0 Å². The zero-order chi connectivity index (χ0) is 17.6. The van der Waals surface area contributed by atoms with Gasteiger partial charge in [0.1, 0.15) is 12.1 Å². The van der Waals surface area contributed by atoms with Crippen LogP contribution in [0.1, 0.15) is 20.3 Å². The molecule has 0 saturated heterocycles. The summed E-state index contributed by atoms with van der Waals surface area (Å²) in [6.07, 6.45) is 4.65. The lowest BCUT2D eigenvalue weighted by atomic mass is 10.1. The molecule has 3 rings (SSSR count). The van der Waals surface area contributed by atoms with Crippen LogP contribution in [0.3, 0.4) is 0 Å². The van der Waals surface area contributed by atoms with Gasteiger partial charge in [0.25, 0.3) is 0 Å². The van der Waals surface area contributed by atoms with Gasteiger partial charge in [-0.1, -0.05) is 32.0 Å². The van der Waals surface area contributed by atoms with E-state index in [1.165, 1.54) is 0 Å². The van der Waals surface area contributed by atoms with Crippen LogP contribution in [0.5, 0.6) is 0 Å². The van der Waals surface area contributed by atoms with Crippen molar-refractivity contribution >= 4 is 17.5 Å². The number of nitrogens with zero attached hydrogens (tertiary/aromatic N) is 5. The van der Waals surface area contributed by atoms with E-state index in [1.807, 2.05) is 48.7 Å². The third-order valence-electron chi connectivity index (χ3n) is 3.95. The zero-order valence-corrected chi connectivity index (χ0v) is 14.9. The average Bonchev–Trinajstić information content (AvgIpc) is 3.09. The highest BCUT2D eigenvalue weighted by molar-refractivity contribution is 5.53. The van der Waals surface area contributed by atoms with E-state index >= 15 is 0 Å². The lowest BCUT2D eigenvalue weighted by Gasteiger charge is -2.19. The molecule has 0 unspecified atom stereocenters. The van der Waals surface area contributed by atoms with Gasteiger partial charge in [0.05, 0.1) is 5.69 Å². The van der Waals surface area contributed by atoms with Crippen LogP contribution in [0.2, 0.25) is 0 Å². The van der Waals surface area contributed by atoms with Crippen molar-refractivity contribution in [1.82, 2.24) is 19.7 Å². The Labute approximate surface area is 148 Å². The van der Waals surface area contributed by atoms with Crippen molar-refractivity contribution in [2.75, 3.05) is 23.8 Å². The second kappa shape index (κ2) is 7.79. The molecule has 0 aliphatic rings. The Morgan fingerprint density at radius 3 is 2.68 bits per heavy atom. The number of hydrogen-bond donors (Lipinski definition) is 1. The van der Waals surface area contributed by atoms with Crippen molar-refractivity contribution in [3.05, 3.63) is 55.0 Å². The van der Waals surface area contributed by atoms with Crippen LogP contribution < -0.4 is 10.2 Å². The molecule has 6 heteroatoms. The van der Waals surface area contributed by atoms with Gasteiger partial charge in [0.15, 0.2) is 0 Å². The van der Waals surface area contributed by atoms with E-state index in [1.54, 1.807) is 11.0 Å². The van der Waals surface area contributed by atoms with Crippen molar-refractivity contribution in [1.29, 1.82) is 0 Å². The van der Waals surface area contributed by atoms with Crippen LogP contribution in [0.25, 0.3) is 5.69 Å². The summed E-state index contributed by atoms with van der Waals surface area (Å²) >= 11 is 0. The van der Waals surface area contributed by atoms with E-state index in [9.17, 15) is 0 Å². The molecule has 0 bridgehead atoms. The molecule has 1 N–H and O–H groups in total. The standard InChI is InChI=1S/C19H24N6/c1-15(2)10-12-24(3)18-13-17(9-11-20-18)25-14-21-19(23-25)22-16-7-5-4-6-8-16/h4-9,11,13-15H,10,12H2,1-3H3,(H,22,23). The first-order valence-corrected chi connectivity index (χ1v) is 8.53. The Hall–Kier alpha value is -2.89. The summed E-state index contributed by atoms with van der Waals surface area (Å²) < 4.78 is 1.76. The van der Waals surface area contributed by atoms with E-state index in [2.05, 4.69) is 46.2 Å². The van der Waals surface area contributed by atoms with Gasteiger partial charge in [-0.2, -0.15) is 4.98 Å². The SMILES string of the molecule is CC(C)CCN(C)c1cc(-n2cnc(Nc3ccccc3)n2)ccn1. The van der Waals surface area contributed by atoms with Gasteiger partial charge in [-0.25, -0.2) is 9.67 Å². The lowest BCUT2D eigenvalue weighted by Crippen LogP contribution is -2.21. The highest BCUT2D eigenvalue weighted by Crippen LogP contribution is 2.17. The van der Waals surface area contributed by atoms with Gasteiger partial charge in [-0.05, 0) is 30.5 Å². The summed E-state index contributed by atoms with van der Waals surface area (Å²) in [7, 11) is 2.07. The number of anilines is 3. The molecule has 0 radical (unpaired) electrons. The fraction of sp³-hybridized carbons (Fsp3) is 0.316. The number of aromatic nitrogens is 4. The van der Waals surface area contributed by atoms with Crippen molar-refractivity contribution < 1.29 is 0 Å². The molecule has 0 saturated carbocycles. The summed E-state index contributed by atoms with van der Waals surface area (Å²) in [6, 6.07) is 13.8. The largest absolute Gasteiger partial charge is 0.360 e. The fourth-order valence-electron chi connectivity index (χ4n) is 2.42. The molecule has 6 nitrogen and oxygen atoms in total. The Kier molecular flexibility index (Phi) is 5.28. The first kappa shape index (κ1) is 17.0. The molecular formula is C19H24N6. The van der Waals surface area contributed by atoms with Crippen LogP contribution in [-0.2, 0) is 0 Å². The maximum absolute atomic E-state index is 4.50. The van der Waals surface area contributed by atoms with Crippen molar-refractivity contribution in [2.45, 2.75) is 20.3 Å². The number of pyridine rings is 1. The minimum absolute atomic E-state index is 0.567. The molecule has 3 aromatic rings. The van der Waals surface area contributed by atoms with Crippen LogP contribution in [-0.4, -0.2) is 33.3 Å². The summed E-state index contributed by atoms with van der Waals surface area (Å²) in [5, 5.41) is 7.69. The minimum atomic E-state index is 0.567. The summed E-state index contributed by atoms with van der Waals surface area (Å²) in [5.41, 5.74) is 1.90. The maximum Gasteiger partial charge on any atom is 0.246 e. The van der Waals surface area contributed by atoms with Crippen LogP contribution in [0.4, 0.5) is 17.5 Å². The fourth-order valence-corrected chi connectivity index (χ4v) is 2.42. The molecule has 0 amide bonds. The number of hydrogen-bond acceptors (Lipinski definition) is 5. The molecule has 0 aliphatic carbocycles. The van der Waals surface area contributed by atoms with Crippen LogP contribution in [0.15, 0.2) is 55.0 Å². The quantitative estimate of drug-likeness (QED) is 0.709. The lowest BCUT2D eigenvalue weighted by molar-refractivity contribution is 0.583. The highest BCUT2D eigenvalue weighted by atomic mass is 15.4. The third kappa shape index (κ3) is 4.56. The number of para-hydroxylation sites is 1. The molecule has 2 heterocycles. The van der Waals surface area contributed by atoms with Crippen molar-refractivity contribution in [3.63, 3.8) is 0 Å². The van der Waals surface area contributed by atoms with Crippen LogP contribution >= 0.6 is 0 Å². The molecule has 0 aliphatic heterocycles. The molecule has 1 aromatic carbocycles. The Balaban J connectivity index is 1.73. The normalized spacial score (nSPS) is 10.9. The van der Waals surface area contributed by atoms with Gasteiger partial charge >= 0.3 is 0 Å². The Morgan fingerprint density at radius 1 is 1.12 bits per heavy atom. The minimum Gasteiger partial charge on any atom is -0.360 e. The van der Waals surface area contributed by atoms with E-state index in [4.69, 9.17) is 0 Å². The molecule has 130 valence electrons. The average molecular weight is 336 g/mol. The molecular weight excluding hydrogens is 312 g/mol. The van der Waals surface area contributed by atoms with Gasteiger partial charge in [0.2, 0.25) is 5.95 Å². The summed E-state index contributed by atoms with van der Waals surface area (Å²) in [4.78, 5) is 11.0. The number of nitrogens with one attached hydrogen (secondary N) is 1.